The van der Waals surface area contributed by atoms with Crippen molar-refractivity contribution >= 4 is 18.2 Å². The highest BCUT2D eigenvalue weighted by atomic mass is 32.2. The van der Waals surface area contributed by atoms with Crippen LogP contribution in [0.5, 0.6) is 0 Å². The second-order valence-corrected chi connectivity index (χ2v) is 17.3. The highest BCUT2D eigenvalue weighted by Gasteiger charge is 2.45. The van der Waals surface area contributed by atoms with Crippen molar-refractivity contribution in [2.24, 2.45) is 11.3 Å². The lowest BCUT2D eigenvalue weighted by atomic mass is 9.70. The van der Waals surface area contributed by atoms with Crippen LogP contribution in [0.3, 0.4) is 0 Å². The van der Waals surface area contributed by atoms with Crippen LogP contribution in [0.15, 0.2) is 71.4 Å². The van der Waals surface area contributed by atoms with Crippen molar-refractivity contribution < 1.29 is 12.8 Å². The molecule has 0 unspecified atom stereocenters. The minimum absolute atomic E-state index is 0.0821. The van der Waals surface area contributed by atoms with Gasteiger partial charge in [0.2, 0.25) is 8.32 Å². The van der Waals surface area contributed by atoms with Gasteiger partial charge in [-0.2, -0.15) is 0 Å². The van der Waals surface area contributed by atoms with Crippen molar-refractivity contribution in [3.8, 4) is 0 Å². The zero-order valence-electron chi connectivity index (χ0n) is 19.2. The number of allylic oxidation sites excluding steroid dienone is 5. The number of rotatable bonds is 4. The van der Waals surface area contributed by atoms with Gasteiger partial charge in [0, 0.05) is 11.3 Å². The topological polar surface area (TPSA) is 43.4 Å². The van der Waals surface area contributed by atoms with Crippen molar-refractivity contribution in [2.75, 3.05) is 0 Å². The molecule has 0 spiro atoms. The predicted molar refractivity (Wildman–Crippen MR) is 128 cm³/mol. The standard InChI is InChI=1S/C25H36O3SSi/c1-24(2,3)30(5,6)28-20-16-18-25(4)17-12-8-11-15-23(22(25)19-20)29(26,27)21-13-9-7-10-14-21/h7,9-10,12-14,16-19,22-23H,8,11,15H2,1-6H3/b17-12-/t22-,23-,25-/m1/s1. The van der Waals surface area contributed by atoms with E-state index in [1.165, 1.54) is 0 Å². The lowest BCUT2D eigenvalue weighted by molar-refractivity contribution is 0.319. The Balaban J connectivity index is 2.05. The largest absolute Gasteiger partial charge is 0.544 e. The molecule has 0 radical (unpaired) electrons. The molecule has 0 N–H and O–H groups in total. The molecule has 3 rings (SSSR count). The third-order valence-corrected chi connectivity index (χ3v) is 13.7. The van der Waals surface area contributed by atoms with Gasteiger partial charge < -0.3 is 4.43 Å². The van der Waals surface area contributed by atoms with Crippen LogP contribution < -0.4 is 0 Å². The normalized spacial score (nSPS) is 28.7. The Bertz CT molecular complexity index is 952. The zero-order valence-corrected chi connectivity index (χ0v) is 21.0. The van der Waals surface area contributed by atoms with E-state index in [0.717, 1.165) is 18.6 Å². The molecule has 3 nitrogen and oxygen atoms in total. The number of hydrogen-bond acceptors (Lipinski definition) is 3. The van der Waals surface area contributed by atoms with Crippen molar-refractivity contribution in [2.45, 2.75) is 75.2 Å². The molecule has 1 aromatic rings. The van der Waals surface area contributed by atoms with Gasteiger partial charge in [-0.05, 0) is 61.7 Å². The molecule has 0 heterocycles. The molecule has 0 bridgehead atoms. The molecule has 0 aromatic heterocycles. The Morgan fingerprint density at radius 2 is 1.77 bits per heavy atom. The van der Waals surface area contributed by atoms with Gasteiger partial charge in [0.05, 0.1) is 15.9 Å². The third-order valence-electron chi connectivity index (χ3n) is 7.06. The number of benzene rings is 1. The van der Waals surface area contributed by atoms with E-state index in [9.17, 15) is 8.42 Å². The summed E-state index contributed by atoms with van der Waals surface area (Å²) >= 11 is 0. The molecule has 0 amide bonds. The first-order valence-electron chi connectivity index (χ1n) is 10.9. The summed E-state index contributed by atoms with van der Waals surface area (Å²) in [6.07, 6.45) is 13.1. The van der Waals surface area contributed by atoms with Gasteiger partial charge in [0.25, 0.3) is 0 Å². The van der Waals surface area contributed by atoms with Gasteiger partial charge >= 0.3 is 0 Å². The molecule has 1 aromatic carbocycles. The van der Waals surface area contributed by atoms with E-state index in [0.29, 0.717) is 11.3 Å². The van der Waals surface area contributed by atoms with Gasteiger partial charge in [-0.25, -0.2) is 8.42 Å². The maximum absolute atomic E-state index is 13.7. The van der Waals surface area contributed by atoms with Crippen molar-refractivity contribution in [3.05, 3.63) is 66.5 Å². The molecule has 0 fully saturated rings. The van der Waals surface area contributed by atoms with E-state index < -0.39 is 23.4 Å². The van der Waals surface area contributed by atoms with E-state index in [2.05, 4.69) is 71.2 Å². The minimum atomic E-state index is -3.46. The van der Waals surface area contributed by atoms with Gasteiger partial charge in [-0.15, -0.1) is 0 Å². The number of hydrogen-bond donors (Lipinski definition) is 0. The molecule has 164 valence electrons. The predicted octanol–water partition coefficient (Wildman–Crippen LogP) is 6.67. The molecule has 2 aliphatic rings. The molecule has 0 aliphatic heterocycles. The lowest BCUT2D eigenvalue weighted by Crippen LogP contribution is -2.43. The zero-order chi connectivity index (χ0) is 22.2. The van der Waals surface area contributed by atoms with E-state index >= 15 is 0 Å². The molecule has 5 heteroatoms. The summed E-state index contributed by atoms with van der Waals surface area (Å²) in [4.78, 5) is 0.414. The fourth-order valence-electron chi connectivity index (χ4n) is 4.06. The maximum Gasteiger partial charge on any atom is 0.250 e. The van der Waals surface area contributed by atoms with Crippen LogP contribution in [0, 0.1) is 11.3 Å². The molecule has 2 aliphatic carbocycles. The SMILES string of the molecule is CC(C)(C)[Si](C)(C)OC1=C[C@@H]2[C@H](S(=O)(=O)c3ccccc3)CCC/C=C\[C@]2(C)C=C1. The average molecular weight is 445 g/mol. The summed E-state index contributed by atoms with van der Waals surface area (Å²) in [7, 11) is -5.48. The molecule has 0 saturated heterocycles. The van der Waals surface area contributed by atoms with E-state index in [1.807, 2.05) is 6.07 Å². The van der Waals surface area contributed by atoms with E-state index in [4.69, 9.17) is 4.43 Å². The third kappa shape index (κ3) is 4.52. The second kappa shape index (κ2) is 8.16. The van der Waals surface area contributed by atoms with Gasteiger partial charge in [0.15, 0.2) is 9.84 Å². The van der Waals surface area contributed by atoms with Crippen LogP contribution in [-0.2, 0) is 14.3 Å². The van der Waals surface area contributed by atoms with Crippen molar-refractivity contribution in [3.63, 3.8) is 0 Å². The summed E-state index contributed by atoms with van der Waals surface area (Å²) in [5.74, 6) is 0.662. The summed E-state index contributed by atoms with van der Waals surface area (Å²) < 4.78 is 34.0. The van der Waals surface area contributed by atoms with Gasteiger partial charge in [-0.1, -0.05) is 64.1 Å². The molecular formula is C25H36O3SSi. The molecule has 3 atom stereocenters. The first-order chi connectivity index (χ1) is 13.9. The average Bonchev–Trinajstić information content (AvgIpc) is 2.64. The summed E-state index contributed by atoms with van der Waals surface area (Å²) in [5.41, 5.74) is -0.340. The van der Waals surface area contributed by atoms with Crippen molar-refractivity contribution in [1.29, 1.82) is 0 Å². The smallest absolute Gasteiger partial charge is 0.250 e. The first kappa shape index (κ1) is 23.1. The molecule has 0 saturated carbocycles. The molecule has 30 heavy (non-hydrogen) atoms. The van der Waals surface area contributed by atoms with Crippen LogP contribution in [0.2, 0.25) is 18.1 Å². The van der Waals surface area contributed by atoms with E-state index in [1.54, 1.807) is 24.3 Å². The van der Waals surface area contributed by atoms with Gasteiger partial charge in [-0.3, -0.25) is 0 Å². The summed E-state index contributed by atoms with van der Waals surface area (Å²) in [6, 6.07) is 8.90. The Hall–Kier alpha value is -1.59. The monoisotopic (exact) mass is 444 g/mol. The Morgan fingerprint density at radius 1 is 1.10 bits per heavy atom. The Morgan fingerprint density at radius 3 is 2.40 bits per heavy atom. The van der Waals surface area contributed by atoms with Crippen LogP contribution in [-0.4, -0.2) is 22.0 Å². The number of sulfone groups is 1. The number of fused-ring (bicyclic) bond motifs is 1. The quantitative estimate of drug-likeness (QED) is 0.385. The second-order valence-electron chi connectivity index (χ2n) is 10.4. The van der Waals surface area contributed by atoms with Crippen LogP contribution in [0.1, 0.15) is 47.0 Å². The minimum Gasteiger partial charge on any atom is -0.544 e. The fourth-order valence-corrected chi connectivity index (χ4v) is 7.21. The highest BCUT2D eigenvalue weighted by molar-refractivity contribution is 7.92. The lowest BCUT2D eigenvalue weighted by Gasteiger charge is -2.42. The van der Waals surface area contributed by atoms with Crippen molar-refractivity contribution in [1.82, 2.24) is 0 Å². The highest BCUT2D eigenvalue weighted by Crippen LogP contribution is 2.46. The van der Waals surface area contributed by atoms with Crippen LogP contribution in [0.4, 0.5) is 0 Å². The summed E-state index contributed by atoms with van der Waals surface area (Å²) in [6.45, 7) is 13.3. The molecular weight excluding hydrogens is 408 g/mol. The Kier molecular flexibility index (Phi) is 6.27. The van der Waals surface area contributed by atoms with Gasteiger partial charge in [0.1, 0.15) is 0 Å². The first-order valence-corrected chi connectivity index (χ1v) is 15.4. The van der Waals surface area contributed by atoms with E-state index in [-0.39, 0.29) is 16.4 Å². The van der Waals surface area contributed by atoms with Crippen LogP contribution >= 0.6 is 0 Å². The fraction of sp³-hybridized carbons (Fsp3) is 0.520. The Labute approximate surface area is 184 Å². The summed E-state index contributed by atoms with van der Waals surface area (Å²) in [5, 5.41) is -0.392. The maximum atomic E-state index is 13.7. The van der Waals surface area contributed by atoms with Crippen LogP contribution in [0.25, 0.3) is 0 Å².